The molecule has 2 atom stereocenters. The number of hydrogen-bond acceptors (Lipinski definition) is 6. The van der Waals surface area contributed by atoms with E-state index in [1.165, 1.54) is 12.1 Å². The number of nitro benzene ring substituents is 1. The van der Waals surface area contributed by atoms with Gasteiger partial charge in [0, 0.05) is 30.8 Å². The second-order valence-electron chi connectivity index (χ2n) is 8.51. The van der Waals surface area contributed by atoms with E-state index in [2.05, 4.69) is 5.32 Å². The van der Waals surface area contributed by atoms with Crippen molar-refractivity contribution in [2.24, 2.45) is 5.41 Å². The van der Waals surface area contributed by atoms with Gasteiger partial charge in [-0.25, -0.2) is 9.69 Å². The number of nitro groups is 1. The van der Waals surface area contributed by atoms with Crippen LogP contribution in [0.4, 0.5) is 21.9 Å². The number of amides is 4. The first kappa shape index (κ1) is 20.2. The third kappa shape index (κ3) is 2.88. The highest BCUT2D eigenvalue weighted by Gasteiger charge is 2.62. The lowest BCUT2D eigenvalue weighted by Gasteiger charge is -2.51. The second kappa shape index (κ2) is 7.44. The molecule has 0 saturated carbocycles. The number of nitrogens with one attached hydrogen (secondary N) is 1. The summed E-state index contributed by atoms with van der Waals surface area (Å²) in [4.78, 5) is 54.2. The molecule has 2 aromatic rings. The number of urea groups is 1. The van der Waals surface area contributed by atoms with Crippen molar-refractivity contribution in [1.29, 1.82) is 0 Å². The number of carbonyl (C=O) groups excluding carboxylic acids is 3. The third-order valence-corrected chi connectivity index (χ3v) is 6.80. The van der Waals surface area contributed by atoms with Crippen molar-refractivity contribution in [2.45, 2.75) is 38.1 Å². The number of carbonyl (C=O) groups is 3. The van der Waals surface area contributed by atoms with Gasteiger partial charge in [-0.1, -0.05) is 31.0 Å². The van der Waals surface area contributed by atoms with Crippen molar-refractivity contribution < 1.29 is 19.3 Å². The first-order valence-electron chi connectivity index (χ1n) is 10.7. The van der Waals surface area contributed by atoms with Crippen molar-refractivity contribution in [2.75, 3.05) is 16.3 Å². The minimum absolute atomic E-state index is 0.00641. The molecule has 4 amide bonds. The molecule has 5 rings (SSSR count). The van der Waals surface area contributed by atoms with Crippen molar-refractivity contribution >= 4 is 34.9 Å². The maximum Gasteiger partial charge on any atom is 0.335 e. The van der Waals surface area contributed by atoms with Crippen LogP contribution in [-0.2, 0) is 16.0 Å². The summed E-state index contributed by atoms with van der Waals surface area (Å²) in [6.07, 6.45) is 3.33. The summed E-state index contributed by atoms with van der Waals surface area (Å²) in [5.74, 6) is -1.21. The predicted molar refractivity (Wildman–Crippen MR) is 116 cm³/mol. The van der Waals surface area contributed by atoms with E-state index in [1.54, 1.807) is 36.4 Å². The largest absolute Gasteiger partial charge is 0.367 e. The van der Waals surface area contributed by atoms with E-state index in [-0.39, 0.29) is 12.1 Å². The molecule has 0 aromatic heterocycles. The fraction of sp³-hybridized carbons (Fsp3) is 0.348. The van der Waals surface area contributed by atoms with E-state index in [9.17, 15) is 24.5 Å². The molecule has 1 spiro atoms. The van der Waals surface area contributed by atoms with Crippen LogP contribution in [-0.4, -0.2) is 35.4 Å². The Kier molecular flexibility index (Phi) is 4.69. The van der Waals surface area contributed by atoms with Crippen LogP contribution in [0.3, 0.4) is 0 Å². The monoisotopic (exact) mass is 434 g/mol. The number of fused-ring (bicyclic) bond motifs is 4. The van der Waals surface area contributed by atoms with Crippen LogP contribution in [0.2, 0.25) is 0 Å². The molecule has 9 nitrogen and oxygen atoms in total. The number of anilines is 2. The lowest BCUT2D eigenvalue weighted by molar-refractivity contribution is -0.384. The van der Waals surface area contributed by atoms with Crippen LogP contribution in [0.1, 0.15) is 31.2 Å². The van der Waals surface area contributed by atoms with Gasteiger partial charge >= 0.3 is 6.03 Å². The molecule has 3 aliphatic heterocycles. The van der Waals surface area contributed by atoms with Gasteiger partial charge in [-0.3, -0.25) is 25.0 Å². The molecule has 2 aromatic carbocycles. The topological polar surface area (TPSA) is 113 Å². The first-order chi connectivity index (χ1) is 15.4. The zero-order valence-electron chi connectivity index (χ0n) is 17.3. The number of barbiturate groups is 1. The van der Waals surface area contributed by atoms with Gasteiger partial charge in [0.2, 0.25) is 5.91 Å². The quantitative estimate of drug-likeness (QED) is 0.441. The van der Waals surface area contributed by atoms with Gasteiger partial charge in [0.25, 0.3) is 11.6 Å². The van der Waals surface area contributed by atoms with Crippen LogP contribution in [0.25, 0.3) is 0 Å². The number of nitrogens with zero attached hydrogens (tertiary/aromatic N) is 3. The Morgan fingerprint density at radius 3 is 2.56 bits per heavy atom. The summed E-state index contributed by atoms with van der Waals surface area (Å²) in [5, 5.41) is 13.8. The van der Waals surface area contributed by atoms with Gasteiger partial charge < -0.3 is 4.90 Å². The molecule has 2 saturated heterocycles. The SMILES string of the molecule is O=C1NC(=O)[C@]2(Cc3cc([N+](=O)[O-])ccc3N3CCCCC[C@H]32)C(=O)N1c1ccccc1. The minimum Gasteiger partial charge on any atom is -0.367 e. The Balaban J connectivity index is 1.69. The number of non-ortho nitro benzene ring substituents is 1. The number of para-hydroxylation sites is 1. The van der Waals surface area contributed by atoms with Gasteiger partial charge in [0.05, 0.1) is 16.7 Å². The van der Waals surface area contributed by atoms with Gasteiger partial charge in [0.15, 0.2) is 5.41 Å². The molecule has 164 valence electrons. The zero-order chi connectivity index (χ0) is 22.5. The highest BCUT2D eigenvalue weighted by Crippen LogP contribution is 2.48. The number of benzene rings is 2. The fourth-order valence-electron chi connectivity index (χ4n) is 5.35. The molecule has 3 heterocycles. The first-order valence-corrected chi connectivity index (χ1v) is 10.7. The lowest BCUT2D eigenvalue weighted by atomic mass is 9.67. The van der Waals surface area contributed by atoms with E-state index >= 15 is 0 Å². The van der Waals surface area contributed by atoms with Gasteiger partial charge in [-0.15, -0.1) is 0 Å². The van der Waals surface area contributed by atoms with Gasteiger partial charge in [-0.2, -0.15) is 0 Å². The highest BCUT2D eigenvalue weighted by molar-refractivity contribution is 6.30. The summed E-state index contributed by atoms with van der Waals surface area (Å²) in [6.45, 7) is 0.636. The van der Waals surface area contributed by atoms with Crippen LogP contribution in [0, 0.1) is 15.5 Å². The Labute approximate surface area is 184 Å². The summed E-state index contributed by atoms with van der Waals surface area (Å²) in [5.41, 5.74) is 0.134. The molecule has 9 heteroatoms. The van der Waals surface area contributed by atoms with Crippen LogP contribution < -0.4 is 15.1 Å². The molecule has 2 fully saturated rings. The summed E-state index contributed by atoms with van der Waals surface area (Å²) in [7, 11) is 0. The van der Waals surface area contributed by atoms with Crippen LogP contribution >= 0.6 is 0 Å². The average molecular weight is 434 g/mol. The molecule has 0 unspecified atom stereocenters. The number of imide groups is 2. The number of rotatable bonds is 2. The van der Waals surface area contributed by atoms with E-state index in [0.29, 0.717) is 24.2 Å². The van der Waals surface area contributed by atoms with Crippen LogP contribution in [0.5, 0.6) is 0 Å². The maximum atomic E-state index is 14.0. The molecule has 0 aliphatic carbocycles. The average Bonchev–Trinajstić information content (AvgIpc) is 3.04. The summed E-state index contributed by atoms with van der Waals surface area (Å²) < 4.78 is 0. The fourth-order valence-corrected chi connectivity index (χ4v) is 5.35. The van der Waals surface area contributed by atoms with Gasteiger partial charge in [0.1, 0.15) is 0 Å². The Bertz CT molecular complexity index is 1130. The maximum absolute atomic E-state index is 14.0. The van der Waals surface area contributed by atoms with Crippen molar-refractivity contribution in [3.8, 4) is 0 Å². The van der Waals surface area contributed by atoms with E-state index in [0.717, 1.165) is 29.8 Å². The van der Waals surface area contributed by atoms with Gasteiger partial charge in [-0.05, 0) is 36.6 Å². The predicted octanol–water partition coefficient (Wildman–Crippen LogP) is 3.17. The molecule has 3 aliphatic rings. The van der Waals surface area contributed by atoms with Crippen LogP contribution in [0.15, 0.2) is 48.5 Å². The standard InChI is InChI=1S/C23H22N4O5/c28-20-23(21(29)26(22(30)24-20)16-7-3-1-4-8-16)14-15-13-17(27(31)32)10-11-18(15)25-12-6-2-5-9-19(23)25/h1,3-4,7-8,10-11,13,19H,2,5-6,9,12,14H2,(H,24,28,30)/t19-,23+/m0/s1. The Morgan fingerprint density at radius 2 is 1.81 bits per heavy atom. The van der Waals surface area contributed by atoms with E-state index < -0.39 is 34.2 Å². The smallest absolute Gasteiger partial charge is 0.335 e. The molecular formula is C23H22N4O5. The van der Waals surface area contributed by atoms with Crippen molar-refractivity contribution in [3.63, 3.8) is 0 Å². The van der Waals surface area contributed by atoms with Crippen molar-refractivity contribution in [1.82, 2.24) is 5.32 Å². The summed E-state index contributed by atoms with van der Waals surface area (Å²) in [6, 6.07) is 11.9. The number of hydrogen-bond donors (Lipinski definition) is 1. The molecule has 1 N–H and O–H groups in total. The van der Waals surface area contributed by atoms with E-state index in [4.69, 9.17) is 0 Å². The molecule has 0 bridgehead atoms. The zero-order valence-corrected chi connectivity index (χ0v) is 17.3. The Morgan fingerprint density at radius 1 is 1.03 bits per heavy atom. The molecule has 0 radical (unpaired) electrons. The second-order valence-corrected chi connectivity index (χ2v) is 8.51. The molecular weight excluding hydrogens is 412 g/mol. The highest BCUT2D eigenvalue weighted by atomic mass is 16.6. The van der Waals surface area contributed by atoms with E-state index in [1.807, 2.05) is 4.90 Å². The summed E-state index contributed by atoms with van der Waals surface area (Å²) >= 11 is 0. The minimum atomic E-state index is -1.55. The van der Waals surface area contributed by atoms with Crippen molar-refractivity contribution in [3.05, 3.63) is 64.2 Å². The normalized spacial score (nSPS) is 25.1. The third-order valence-electron chi connectivity index (χ3n) is 6.80. The Hall–Kier alpha value is -3.75. The molecule has 32 heavy (non-hydrogen) atoms. The lowest BCUT2D eigenvalue weighted by Crippen LogP contribution is -2.72.